The molecule has 4 rings (SSSR count). The molecule has 3 nitrogen and oxygen atoms in total. The molecule has 1 aliphatic heterocycles. The largest absolute Gasteiger partial charge is 0.343 e. The summed E-state index contributed by atoms with van der Waals surface area (Å²) < 4.78 is 0. The monoisotopic (exact) mass is 290 g/mol. The van der Waals surface area contributed by atoms with Gasteiger partial charge < -0.3 is 10.2 Å². The molecule has 0 spiro atoms. The number of likely N-dealkylation sites (tertiary alicyclic amines) is 1. The first-order valence-electron chi connectivity index (χ1n) is 9.29. The number of nitrogens with one attached hydrogen (secondary N) is 1. The summed E-state index contributed by atoms with van der Waals surface area (Å²) in [4.78, 5) is 14.7. The summed E-state index contributed by atoms with van der Waals surface area (Å²) in [6, 6.07) is 0.664. The van der Waals surface area contributed by atoms with Crippen LogP contribution in [0.1, 0.15) is 57.8 Å². The Kier molecular flexibility index (Phi) is 3.95. The summed E-state index contributed by atoms with van der Waals surface area (Å²) in [5.74, 6) is 3.99. The van der Waals surface area contributed by atoms with Gasteiger partial charge in [-0.15, -0.1) is 0 Å². The van der Waals surface area contributed by atoms with Gasteiger partial charge in [-0.2, -0.15) is 0 Å². The van der Waals surface area contributed by atoms with E-state index in [1.165, 1.54) is 45.1 Å². The third-order valence-corrected chi connectivity index (χ3v) is 6.56. The average Bonchev–Trinajstić information content (AvgIpc) is 3.11. The third kappa shape index (κ3) is 3.28. The lowest BCUT2D eigenvalue weighted by molar-refractivity contribution is -0.133. The zero-order valence-corrected chi connectivity index (χ0v) is 13.2. The van der Waals surface area contributed by atoms with Crippen molar-refractivity contribution in [3.8, 4) is 0 Å². The number of fused-ring (bicyclic) bond motifs is 2. The predicted octanol–water partition coefficient (Wildman–Crippen LogP) is 2.80. The summed E-state index contributed by atoms with van der Waals surface area (Å²) >= 11 is 0. The van der Waals surface area contributed by atoms with Gasteiger partial charge in [0, 0.05) is 25.6 Å². The van der Waals surface area contributed by atoms with Crippen LogP contribution in [0.4, 0.5) is 0 Å². The number of nitrogens with zero attached hydrogens (tertiary/aromatic N) is 1. The maximum atomic E-state index is 12.5. The number of amides is 1. The highest BCUT2D eigenvalue weighted by atomic mass is 16.2. The molecule has 3 unspecified atom stereocenters. The lowest BCUT2D eigenvalue weighted by Crippen LogP contribution is -2.45. The molecule has 1 amide bonds. The summed E-state index contributed by atoms with van der Waals surface area (Å²) in [5, 5.41) is 3.70. The molecular formula is C18H30N2O. The number of rotatable bonds is 5. The quantitative estimate of drug-likeness (QED) is 0.844. The van der Waals surface area contributed by atoms with Gasteiger partial charge in [0.1, 0.15) is 0 Å². The molecule has 0 radical (unpaired) electrons. The van der Waals surface area contributed by atoms with Crippen LogP contribution in [0.2, 0.25) is 0 Å². The standard InChI is InChI=1S/C18H30N2O/c21-18(11-16-10-14-3-4-15(16)9-14)20-7-5-17(6-8-20)19-12-13-1-2-13/h13-17,19H,1-12H2. The molecule has 1 N–H and O–H groups in total. The van der Waals surface area contributed by atoms with Crippen LogP contribution in [0.5, 0.6) is 0 Å². The molecule has 3 atom stereocenters. The molecule has 0 aromatic carbocycles. The predicted molar refractivity (Wildman–Crippen MR) is 83.9 cm³/mol. The number of piperidine rings is 1. The molecule has 4 fully saturated rings. The van der Waals surface area contributed by atoms with Crippen molar-refractivity contribution >= 4 is 5.91 Å². The van der Waals surface area contributed by atoms with Crippen molar-refractivity contribution < 1.29 is 4.79 Å². The Balaban J connectivity index is 1.19. The Bertz CT molecular complexity index is 385. The molecule has 1 saturated heterocycles. The summed E-state index contributed by atoms with van der Waals surface area (Å²) in [7, 11) is 0. The first-order valence-corrected chi connectivity index (χ1v) is 9.29. The Morgan fingerprint density at radius 1 is 1.00 bits per heavy atom. The molecule has 0 aromatic heterocycles. The minimum atomic E-state index is 0.452. The maximum Gasteiger partial charge on any atom is 0.222 e. The second kappa shape index (κ2) is 5.91. The fourth-order valence-corrected chi connectivity index (χ4v) is 4.97. The molecule has 3 heteroatoms. The van der Waals surface area contributed by atoms with Gasteiger partial charge in [0.2, 0.25) is 5.91 Å². The lowest BCUT2D eigenvalue weighted by atomic mass is 9.86. The van der Waals surface area contributed by atoms with E-state index in [-0.39, 0.29) is 0 Å². The van der Waals surface area contributed by atoms with Gasteiger partial charge in [0.15, 0.2) is 0 Å². The minimum Gasteiger partial charge on any atom is -0.343 e. The van der Waals surface area contributed by atoms with E-state index < -0.39 is 0 Å². The van der Waals surface area contributed by atoms with Gasteiger partial charge in [-0.25, -0.2) is 0 Å². The Hall–Kier alpha value is -0.570. The van der Waals surface area contributed by atoms with Gasteiger partial charge in [-0.1, -0.05) is 6.42 Å². The van der Waals surface area contributed by atoms with Crippen molar-refractivity contribution in [1.82, 2.24) is 10.2 Å². The molecule has 3 aliphatic carbocycles. The summed E-state index contributed by atoms with van der Waals surface area (Å²) in [6.07, 6.45) is 11.6. The zero-order chi connectivity index (χ0) is 14.2. The number of hydrogen-bond acceptors (Lipinski definition) is 2. The third-order valence-electron chi connectivity index (χ3n) is 6.56. The first kappa shape index (κ1) is 14.0. The highest BCUT2D eigenvalue weighted by molar-refractivity contribution is 5.76. The molecule has 2 bridgehead atoms. The van der Waals surface area contributed by atoms with E-state index in [9.17, 15) is 4.79 Å². The molecular weight excluding hydrogens is 260 g/mol. The van der Waals surface area contributed by atoms with Gasteiger partial charge in [-0.3, -0.25) is 4.79 Å². The SMILES string of the molecule is O=C(CC1CC2CCC1C2)N1CCC(NCC2CC2)CC1. The van der Waals surface area contributed by atoms with Crippen molar-refractivity contribution in [2.45, 2.75) is 63.8 Å². The normalized spacial score (nSPS) is 36.4. The summed E-state index contributed by atoms with van der Waals surface area (Å²) in [5.41, 5.74) is 0. The average molecular weight is 290 g/mol. The zero-order valence-electron chi connectivity index (χ0n) is 13.2. The van der Waals surface area contributed by atoms with E-state index in [1.807, 2.05) is 0 Å². The van der Waals surface area contributed by atoms with E-state index in [1.54, 1.807) is 0 Å². The van der Waals surface area contributed by atoms with Gasteiger partial charge in [0.05, 0.1) is 0 Å². The fraction of sp³-hybridized carbons (Fsp3) is 0.944. The van der Waals surface area contributed by atoms with E-state index in [4.69, 9.17) is 0 Å². The summed E-state index contributed by atoms with van der Waals surface area (Å²) in [6.45, 7) is 3.19. The van der Waals surface area contributed by atoms with Crippen molar-refractivity contribution in [3.63, 3.8) is 0 Å². The second-order valence-electron chi connectivity index (χ2n) is 8.15. The fourth-order valence-electron chi connectivity index (χ4n) is 4.97. The van der Waals surface area contributed by atoms with Crippen LogP contribution < -0.4 is 5.32 Å². The highest BCUT2D eigenvalue weighted by Gasteiger charge is 2.40. The second-order valence-corrected chi connectivity index (χ2v) is 8.15. The molecule has 1 heterocycles. The van der Waals surface area contributed by atoms with Crippen LogP contribution in [-0.4, -0.2) is 36.5 Å². The molecule has 3 saturated carbocycles. The highest BCUT2D eigenvalue weighted by Crippen LogP contribution is 2.49. The molecule has 118 valence electrons. The first-order chi connectivity index (χ1) is 10.3. The Morgan fingerprint density at radius 2 is 1.81 bits per heavy atom. The number of hydrogen-bond donors (Lipinski definition) is 1. The smallest absolute Gasteiger partial charge is 0.222 e. The van der Waals surface area contributed by atoms with Crippen molar-refractivity contribution in [2.24, 2.45) is 23.7 Å². The lowest BCUT2D eigenvalue weighted by Gasteiger charge is -2.34. The van der Waals surface area contributed by atoms with Crippen LogP contribution >= 0.6 is 0 Å². The maximum absolute atomic E-state index is 12.5. The number of carbonyl (C=O) groups is 1. The van der Waals surface area contributed by atoms with E-state index >= 15 is 0 Å². The van der Waals surface area contributed by atoms with Crippen LogP contribution in [0, 0.1) is 23.7 Å². The van der Waals surface area contributed by atoms with E-state index in [0.717, 1.165) is 56.0 Å². The Morgan fingerprint density at radius 3 is 2.43 bits per heavy atom. The van der Waals surface area contributed by atoms with Gasteiger partial charge in [-0.05, 0) is 75.2 Å². The van der Waals surface area contributed by atoms with Gasteiger partial charge in [0.25, 0.3) is 0 Å². The Labute approximate surface area is 128 Å². The van der Waals surface area contributed by atoms with Crippen LogP contribution in [-0.2, 0) is 4.79 Å². The van der Waals surface area contributed by atoms with Crippen LogP contribution in [0.25, 0.3) is 0 Å². The molecule has 4 aliphatic rings. The number of carbonyl (C=O) groups excluding carboxylic acids is 1. The van der Waals surface area contributed by atoms with Crippen LogP contribution in [0.3, 0.4) is 0 Å². The van der Waals surface area contributed by atoms with E-state index in [0.29, 0.717) is 11.9 Å². The topological polar surface area (TPSA) is 32.3 Å². The van der Waals surface area contributed by atoms with Crippen molar-refractivity contribution in [2.75, 3.05) is 19.6 Å². The molecule has 21 heavy (non-hydrogen) atoms. The van der Waals surface area contributed by atoms with Crippen LogP contribution in [0.15, 0.2) is 0 Å². The van der Waals surface area contributed by atoms with Crippen molar-refractivity contribution in [3.05, 3.63) is 0 Å². The van der Waals surface area contributed by atoms with E-state index in [2.05, 4.69) is 10.2 Å². The van der Waals surface area contributed by atoms with Crippen molar-refractivity contribution in [1.29, 1.82) is 0 Å². The molecule has 0 aromatic rings. The minimum absolute atomic E-state index is 0.452. The van der Waals surface area contributed by atoms with Gasteiger partial charge >= 0.3 is 0 Å².